The zero-order valence-electron chi connectivity index (χ0n) is 14.7. The normalized spacial score (nSPS) is 11.7. The van der Waals surface area contributed by atoms with Crippen molar-refractivity contribution in [1.29, 1.82) is 0 Å². The third kappa shape index (κ3) is 5.15. The quantitative estimate of drug-likeness (QED) is 0.735. The van der Waals surface area contributed by atoms with E-state index in [1.54, 1.807) is 6.07 Å². The molecular formula is C16H19BrN4O4S. The highest BCUT2D eigenvalue weighted by Crippen LogP contribution is 2.24. The van der Waals surface area contributed by atoms with Gasteiger partial charge in [0.15, 0.2) is 0 Å². The van der Waals surface area contributed by atoms with Gasteiger partial charge in [-0.1, -0.05) is 6.07 Å². The lowest BCUT2D eigenvalue weighted by Gasteiger charge is -2.20. The van der Waals surface area contributed by atoms with Crippen molar-refractivity contribution in [3.8, 4) is 5.88 Å². The van der Waals surface area contributed by atoms with Crippen LogP contribution in [0.15, 0.2) is 40.0 Å². The molecule has 0 saturated heterocycles. The molecule has 0 unspecified atom stereocenters. The predicted octanol–water partition coefficient (Wildman–Crippen LogP) is 2.58. The largest absolute Gasteiger partial charge is 0.478 e. The average Bonchev–Trinajstić information content (AvgIpc) is 2.55. The highest BCUT2D eigenvalue weighted by molar-refractivity contribution is 9.10. The second kappa shape index (κ2) is 7.58. The molecular weight excluding hydrogens is 424 g/mol. The SMILES string of the molecule is COc1nc(Br)cnc1NS(=O)(=O)c1cccc(C(=O)NC(C)(C)C)c1. The number of halogens is 1. The number of hydrogen-bond donors (Lipinski definition) is 2. The molecule has 0 spiro atoms. The molecule has 1 aromatic heterocycles. The van der Waals surface area contributed by atoms with Crippen LogP contribution in [0.1, 0.15) is 31.1 Å². The maximum absolute atomic E-state index is 12.6. The van der Waals surface area contributed by atoms with Crippen molar-refractivity contribution in [2.45, 2.75) is 31.2 Å². The number of nitrogens with zero attached hydrogens (tertiary/aromatic N) is 2. The number of amides is 1. The fourth-order valence-corrected chi connectivity index (χ4v) is 3.28. The second-order valence-corrected chi connectivity index (χ2v) is 8.88. The van der Waals surface area contributed by atoms with Gasteiger partial charge in [0.25, 0.3) is 21.8 Å². The zero-order valence-corrected chi connectivity index (χ0v) is 17.1. The first-order chi connectivity index (χ1) is 12.0. The Bertz CT molecular complexity index is 926. The molecule has 2 N–H and O–H groups in total. The number of hydrogen-bond acceptors (Lipinski definition) is 6. The molecule has 0 bridgehead atoms. The summed E-state index contributed by atoms with van der Waals surface area (Å²) in [6.45, 7) is 5.52. The van der Waals surface area contributed by atoms with Crippen molar-refractivity contribution < 1.29 is 17.9 Å². The number of sulfonamides is 1. The Morgan fingerprint density at radius 2 is 1.96 bits per heavy atom. The molecule has 2 rings (SSSR count). The van der Waals surface area contributed by atoms with E-state index in [4.69, 9.17) is 4.74 Å². The average molecular weight is 443 g/mol. The molecule has 0 atom stereocenters. The maximum atomic E-state index is 12.6. The number of carbonyl (C=O) groups excluding carboxylic acids is 1. The van der Waals surface area contributed by atoms with Gasteiger partial charge in [0.1, 0.15) is 4.60 Å². The highest BCUT2D eigenvalue weighted by Gasteiger charge is 2.21. The third-order valence-electron chi connectivity index (χ3n) is 3.03. The predicted molar refractivity (Wildman–Crippen MR) is 101 cm³/mol. The Kier molecular flexibility index (Phi) is 5.87. The van der Waals surface area contributed by atoms with Crippen LogP contribution in [0.3, 0.4) is 0 Å². The molecule has 0 aliphatic carbocycles. The van der Waals surface area contributed by atoms with Gasteiger partial charge in [-0.2, -0.15) is 0 Å². The van der Waals surface area contributed by atoms with Crippen LogP contribution in [0.25, 0.3) is 0 Å². The molecule has 10 heteroatoms. The van der Waals surface area contributed by atoms with Crippen molar-refractivity contribution >= 4 is 37.7 Å². The number of nitrogens with one attached hydrogen (secondary N) is 2. The molecule has 0 aliphatic rings. The lowest BCUT2D eigenvalue weighted by molar-refractivity contribution is 0.0919. The van der Waals surface area contributed by atoms with E-state index in [0.717, 1.165) is 0 Å². The van der Waals surface area contributed by atoms with E-state index < -0.39 is 15.6 Å². The van der Waals surface area contributed by atoms with Crippen LogP contribution >= 0.6 is 15.9 Å². The van der Waals surface area contributed by atoms with Crippen LogP contribution in [-0.4, -0.2) is 36.9 Å². The molecule has 0 fully saturated rings. The number of aromatic nitrogens is 2. The third-order valence-corrected chi connectivity index (χ3v) is 4.75. The van der Waals surface area contributed by atoms with Crippen molar-refractivity contribution in [2.75, 3.05) is 11.8 Å². The molecule has 0 aliphatic heterocycles. The van der Waals surface area contributed by atoms with Crippen LogP contribution in [0, 0.1) is 0 Å². The topological polar surface area (TPSA) is 110 Å². The Hall–Kier alpha value is -2.20. The summed E-state index contributed by atoms with van der Waals surface area (Å²) >= 11 is 3.14. The van der Waals surface area contributed by atoms with Crippen LogP contribution in [-0.2, 0) is 10.0 Å². The van der Waals surface area contributed by atoms with E-state index in [0.29, 0.717) is 4.60 Å². The van der Waals surface area contributed by atoms with Crippen LogP contribution in [0.4, 0.5) is 5.82 Å². The van der Waals surface area contributed by atoms with Gasteiger partial charge in [-0.05, 0) is 54.9 Å². The van der Waals surface area contributed by atoms with E-state index >= 15 is 0 Å². The summed E-state index contributed by atoms with van der Waals surface area (Å²) in [6, 6.07) is 5.72. The summed E-state index contributed by atoms with van der Waals surface area (Å²) in [5.41, 5.74) is -0.207. The van der Waals surface area contributed by atoms with Gasteiger partial charge >= 0.3 is 0 Å². The standard InChI is InChI=1S/C16H19BrN4O4S/c1-16(2,3)20-14(22)10-6-5-7-11(8-10)26(23,24)21-13-15(25-4)19-12(17)9-18-13/h5-9H,1-4H3,(H,18,21)(H,20,22). The van der Waals surface area contributed by atoms with Crippen molar-refractivity contribution in [3.05, 3.63) is 40.6 Å². The monoisotopic (exact) mass is 442 g/mol. The second-order valence-electron chi connectivity index (χ2n) is 6.39. The Balaban J connectivity index is 2.33. The lowest BCUT2D eigenvalue weighted by atomic mass is 10.1. The number of carbonyl (C=O) groups is 1. The van der Waals surface area contributed by atoms with Crippen molar-refractivity contribution in [2.24, 2.45) is 0 Å². The molecule has 140 valence electrons. The van der Waals surface area contributed by atoms with Crippen LogP contribution < -0.4 is 14.8 Å². The molecule has 1 amide bonds. The highest BCUT2D eigenvalue weighted by atomic mass is 79.9. The van der Waals surface area contributed by atoms with E-state index in [9.17, 15) is 13.2 Å². The van der Waals surface area contributed by atoms with E-state index in [2.05, 4.69) is 35.9 Å². The summed E-state index contributed by atoms with van der Waals surface area (Å²) in [6.07, 6.45) is 1.34. The van der Waals surface area contributed by atoms with E-state index in [1.165, 1.54) is 31.5 Å². The number of anilines is 1. The summed E-state index contributed by atoms with van der Waals surface area (Å²) in [4.78, 5) is 20.1. The van der Waals surface area contributed by atoms with E-state index in [-0.39, 0.29) is 28.1 Å². The Morgan fingerprint density at radius 1 is 1.27 bits per heavy atom. The fraction of sp³-hybridized carbons (Fsp3) is 0.312. The number of benzene rings is 1. The summed E-state index contributed by atoms with van der Waals surface area (Å²) < 4.78 is 33.0. The number of ether oxygens (including phenoxy) is 1. The Morgan fingerprint density at radius 3 is 2.58 bits per heavy atom. The molecule has 1 aromatic carbocycles. The molecule has 1 heterocycles. The summed E-state index contributed by atoms with van der Waals surface area (Å²) in [5, 5.41) is 2.79. The van der Waals surface area contributed by atoms with E-state index in [1.807, 2.05) is 20.8 Å². The molecule has 0 saturated carbocycles. The van der Waals surface area contributed by atoms with Gasteiger partial charge < -0.3 is 10.1 Å². The van der Waals surface area contributed by atoms with Crippen molar-refractivity contribution in [3.63, 3.8) is 0 Å². The molecule has 0 radical (unpaired) electrons. The minimum Gasteiger partial charge on any atom is -0.478 e. The minimum absolute atomic E-state index is 0.0181. The van der Waals surface area contributed by atoms with Crippen LogP contribution in [0.5, 0.6) is 5.88 Å². The maximum Gasteiger partial charge on any atom is 0.263 e. The van der Waals surface area contributed by atoms with Gasteiger partial charge in [-0.3, -0.25) is 9.52 Å². The van der Waals surface area contributed by atoms with Crippen molar-refractivity contribution in [1.82, 2.24) is 15.3 Å². The number of methoxy groups -OCH3 is 1. The first-order valence-electron chi connectivity index (χ1n) is 7.54. The van der Waals surface area contributed by atoms with Gasteiger partial charge in [0, 0.05) is 11.1 Å². The smallest absolute Gasteiger partial charge is 0.263 e. The zero-order chi connectivity index (χ0) is 19.5. The summed E-state index contributed by atoms with van der Waals surface area (Å²) in [7, 11) is -2.63. The van der Waals surface area contributed by atoms with Gasteiger partial charge in [-0.15, -0.1) is 0 Å². The first kappa shape index (κ1) is 20.1. The lowest BCUT2D eigenvalue weighted by Crippen LogP contribution is -2.40. The van der Waals surface area contributed by atoms with Gasteiger partial charge in [0.2, 0.25) is 5.82 Å². The molecule has 26 heavy (non-hydrogen) atoms. The fourth-order valence-electron chi connectivity index (χ4n) is 1.97. The minimum atomic E-state index is -3.99. The first-order valence-corrected chi connectivity index (χ1v) is 9.81. The Labute approximate surface area is 160 Å². The molecule has 2 aromatic rings. The van der Waals surface area contributed by atoms with Gasteiger partial charge in [-0.25, -0.2) is 18.4 Å². The van der Waals surface area contributed by atoms with Gasteiger partial charge in [0.05, 0.1) is 18.2 Å². The van der Waals surface area contributed by atoms with Crippen LogP contribution in [0.2, 0.25) is 0 Å². The summed E-state index contributed by atoms with van der Waals surface area (Å²) in [5.74, 6) is -0.402. The molecule has 8 nitrogen and oxygen atoms in total. The number of rotatable bonds is 5.